The summed E-state index contributed by atoms with van der Waals surface area (Å²) >= 11 is 17.0. The molecule has 0 fully saturated rings. The first kappa shape index (κ1) is 10.2. The van der Waals surface area contributed by atoms with E-state index in [9.17, 15) is 0 Å². The van der Waals surface area contributed by atoms with E-state index in [0.29, 0.717) is 11.3 Å². The Hall–Kier alpha value is -0.375. The lowest BCUT2D eigenvalue weighted by molar-refractivity contribution is 1.05. The maximum atomic E-state index is 5.68. The summed E-state index contributed by atoms with van der Waals surface area (Å²) in [4.78, 5) is 7.01. The van der Waals surface area contributed by atoms with Crippen LogP contribution in [0.15, 0.2) is 18.2 Å². The van der Waals surface area contributed by atoms with Crippen LogP contribution in [0.3, 0.4) is 0 Å². The number of hydrogen-bond acceptors (Lipinski definition) is 1. The molecule has 70 valence electrons. The zero-order valence-electron chi connectivity index (χ0n) is 6.89. The van der Waals surface area contributed by atoms with Crippen molar-refractivity contribution in [2.75, 3.05) is 0 Å². The van der Waals surface area contributed by atoms with Crippen molar-refractivity contribution >= 4 is 59.1 Å². The number of fused-ring (bicyclic) bond motifs is 1. The quantitative estimate of drug-likeness (QED) is 0.559. The van der Waals surface area contributed by atoms with Gasteiger partial charge in [-0.1, -0.05) is 46.3 Å². The van der Waals surface area contributed by atoms with Crippen LogP contribution in [0.4, 0.5) is 0 Å². The third-order valence-electron chi connectivity index (χ3n) is 1.77. The Balaban J connectivity index is 2.63. The van der Waals surface area contributed by atoms with Crippen LogP contribution in [0.2, 0.25) is 0 Å². The summed E-state index contributed by atoms with van der Waals surface area (Å²) in [6.45, 7) is 0. The average Bonchev–Trinajstić information content (AvgIpc) is 2.45. The fourth-order valence-corrected chi connectivity index (χ4v) is 1.43. The van der Waals surface area contributed by atoms with Crippen molar-refractivity contribution in [3.8, 4) is 0 Å². The van der Waals surface area contributed by atoms with Crippen molar-refractivity contribution in [1.82, 2.24) is 9.97 Å². The van der Waals surface area contributed by atoms with Gasteiger partial charge in [0.1, 0.15) is 7.85 Å². The lowest BCUT2D eigenvalue weighted by Crippen LogP contribution is -2.02. The second kappa shape index (κ2) is 3.33. The summed E-state index contributed by atoms with van der Waals surface area (Å²) in [6.07, 6.45) is 0. The van der Waals surface area contributed by atoms with Gasteiger partial charge in [-0.05, 0) is 12.1 Å². The molecule has 1 aromatic carbocycles. The SMILES string of the molecule is [B]c1ccc2nc(C(Cl)(Cl)Cl)[nH]c2c1. The van der Waals surface area contributed by atoms with E-state index in [0.717, 1.165) is 11.0 Å². The van der Waals surface area contributed by atoms with Crippen LogP contribution in [-0.4, -0.2) is 17.8 Å². The number of nitrogens with zero attached hydrogens (tertiary/aromatic N) is 1. The molecule has 0 unspecified atom stereocenters. The van der Waals surface area contributed by atoms with Gasteiger partial charge in [-0.25, -0.2) is 4.98 Å². The number of rotatable bonds is 0. The monoisotopic (exact) mass is 244 g/mol. The molecule has 1 N–H and O–H groups in total. The van der Waals surface area contributed by atoms with Crippen molar-refractivity contribution in [3.05, 3.63) is 24.0 Å². The average molecular weight is 245 g/mol. The van der Waals surface area contributed by atoms with Gasteiger partial charge in [0.25, 0.3) is 0 Å². The zero-order valence-corrected chi connectivity index (χ0v) is 9.16. The van der Waals surface area contributed by atoms with Gasteiger partial charge in [0.2, 0.25) is 3.79 Å². The van der Waals surface area contributed by atoms with Gasteiger partial charge in [0, 0.05) is 0 Å². The second-order valence-electron chi connectivity index (χ2n) is 2.86. The van der Waals surface area contributed by atoms with E-state index in [2.05, 4.69) is 9.97 Å². The minimum atomic E-state index is -1.53. The van der Waals surface area contributed by atoms with E-state index in [1.165, 1.54) is 0 Å². The maximum Gasteiger partial charge on any atom is 0.248 e. The minimum Gasteiger partial charge on any atom is -0.338 e. The normalized spacial score (nSPS) is 12.2. The van der Waals surface area contributed by atoms with Crippen molar-refractivity contribution in [2.24, 2.45) is 0 Å². The number of imidazole rings is 1. The van der Waals surface area contributed by atoms with E-state index in [1.54, 1.807) is 18.2 Å². The van der Waals surface area contributed by atoms with Gasteiger partial charge in [-0.15, -0.1) is 0 Å². The molecule has 0 spiro atoms. The predicted octanol–water partition coefficient (Wildman–Crippen LogP) is 2.18. The fourth-order valence-electron chi connectivity index (χ4n) is 1.16. The summed E-state index contributed by atoms with van der Waals surface area (Å²) in [5, 5.41) is 0. The van der Waals surface area contributed by atoms with E-state index in [-0.39, 0.29) is 0 Å². The number of hydrogen-bond donors (Lipinski definition) is 1. The highest BCUT2D eigenvalue weighted by Crippen LogP contribution is 2.36. The molecule has 0 saturated carbocycles. The van der Waals surface area contributed by atoms with Crippen LogP contribution < -0.4 is 5.46 Å². The van der Waals surface area contributed by atoms with Crippen LogP contribution in [0.1, 0.15) is 5.82 Å². The van der Waals surface area contributed by atoms with Crippen LogP contribution in [-0.2, 0) is 3.79 Å². The maximum absolute atomic E-state index is 5.68. The lowest BCUT2D eigenvalue weighted by Gasteiger charge is -2.04. The Morgan fingerprint density at radius 3 is 2.64 bits per heavy atom. The molecule has 1 aromatic heterocycles. The zero-order chi connectivity index (χ0) is 10.3. The first-order valence-electron chi connectivity index (χ1n) is 3.79. The van der Waals surface area contributed by atoms with E-state index in [1.807, 2.05) is 0 Å². The van der Waals surface area contributed by atoms with Crippen LogP contribution >= 0.6 is 34.8 Å². The van der Waals surface area contributed by atoms with Crippen molar-refractivity contribution in [1.29, 1.82) is 0 Å². The van der Waals surface area contributed by atoms with Crippen molar-refractivity contribution < 1.29 is 0 Å². The molecular formula is C8H4BCl3N2. The minimum absolute atomic E-state index is 0.295. The van der Waals surface area contributed by atoms with Gasteiger partial charge < -0.3 is 4.98 Å². The Kier molecular flexibility index (Phi) is 2.42. The summed E-state index contributed by atoms with van der Waals surface area (Å²) in [5.41, 5.74) is 2.11. The second-order valence-corrected chi connectivity index (χ2v) is 5.14. The molecule has 2 rings (SSSR count). The standard InChI is InChI=1S/C8H4BCl3N2/c9-4-1-2-5-6(3-4)14-7(13-5)8(10,11)12/h1-3H,(H,13,14). The van der Waals surface area contributed by atoms with Crippen molar-refractivity contribution in [2.45, 2.75) is 3.79 Å². The molecule has 0 aliphatic heterocycles. The molecular weight excluding hydrogens is 241 g/mol. The molecule has 2 nitrogen and oxygen atoms in total. The van der Waals surface area contributed by atoms with Gasteiger partial charge in [-0.2, -0.15) is 0 Å². The molecule has 0 aliphatic carbocycles. The summed E-state index contributed by atoms with van der Waals surface area (Å²) in [6, 6.07) is 5.24. The van der Waals surface area contributed by atoms with Crippen LogP contribution in [0, 0.1) is 0 Å². The first-order chi connectivity index (χ1) is 6.47. The van der Waals surface area contributed by atoms with Crippen LogP contribution in [0.5, 0.6) is 0 Å². The largest absolute Gasteiger partial charge is 0.338 e. The third-order valence-corrected chi connectivity index (χ3v) is 2.31. The summed E-state index contributed by atoms with van der Waals surface area (Å²) < 4.78 is -1.53. The molecule has 1 heterocycles. The highest BCUT2D eigenvalue weighted by molar-refractivity contribution is 6.66. The predicted molar refractivity (Wildman–Crippen MR) is 60.7 cm³/mol. The molecule has 6 heteroatoms. The molecule has 0 atom stereocenters. The first-order valence-corrected chi connectivity index (χ1v) is 4.92. The number of benzene rings is 1. The van der Waals surface area contributed by atoms with Crippen LogP contribution in [0.25, 0.3) is 11.0 Å². The molecule has 2 radical (unpaired) electrons. The van der Waals surface area contributed by atoms with E-state index < -0.39 is 3.79 Å². The summed E-state index contributed by atoms with van der Waals surface area (Å²) in [7, 11) is 5.60. The Morgan fingerprint density at radius 2 is 2.00 bits per heavy atom. The van der Waals surface area contributed by atoms with Crippen molar-refractivity contribution in [3.63, 3.8) is 0 Å². The molecule has 0 aliphatic rings. The number of H-pyrrole nitrogens is 1. The molecule has 14 heavy (non-hydrogen) atoms. The smallest absolute Gasteiger partial charge is 0.248 e. The van der Waals surface area contributed by atoms with E-state index >= 15 is 0 Å². The Labute approximate surface area is 97.0 Å². The number of aromatic nitrogens is 2. The third kappa shape index (κ3) is 1.85. The highest BCUT2D eigenvalue weighted by atomic mass is 35.6. The number of alkyl halides is 3. The van der Waals surface area contributed by atoms with Gasteiger partial charge >= 0.3 is 0 Å². The highest BCUT2D eigenvalue weighted by Gasteiger charge is 2.26. The molecule has 2 aromatic rings. The fraction of sp³-hybridized carbons (Fsp3) is 0.125. The Morgan fingerprint density at radius 1 is 1.29 bits per heavy atom. The lowest BCUT2D eigenvalue weighted by atomic mass is 9.96. The molecule has 0 bridgehead atoms. The number of halogens is 3. The molecule has 0 saturated heterocycles. The molecule has 0 amide bonds. The van der Waals surface area contributed by atoms with Gasteiger partial charge in [-0.3, -0.25) is 0 Å². The van der Waals surface area contributed by atoms with Gasteiger partial charge in [0.15, 0.2) is 5.82 Å². The number of aromatic amines is 1. The van der Waals surface area contributed by atoms with E-state index in [4.69, 9.17) is 42.6 Å². The van der Waals surface area contributed by atoms with Gasteiger partial charge in [0.05, 0.1) is 11.0 Å². The summed E-state index contributed by atoms with van der Waals surface area (Å²) in [5.74, 6) is 0.295. The topological polar surface area (TPSA) is 28.7 Å². The number of nitrogens with one attached hydrogen (secondary N) is 1. The Bertz CT molecular complexity index is 475.